The molecule has 3 nitrogen and oxygen atoms in total. The van der Waals surface area contributed by atoms with Gasteiger partial charge in [0.25, 0.3) is 0 Å². The van der Waals surface area contributed by atoms with Crippen molar-refractivity contribution in [1.29, 1.82) is 0 Å². The molecule has 0 amide bonds. The number of rotatable bonds is 5. The second kappa shape index (κ2) is 7.88. The lowest BCUT2D eigenvalue weighted by molar-refractivity contribution is 0.0106. The summed E-state index contributed by atoms with van der Waals surface area (Å²) in [5.41, 5.74) is 1.92. The summed E-state index contributed by atoms with van der Waals surface area (Å²) in [7, 11) is 0. The number of hydrogen-bond donors (Lipinski definition) is 1. The molecule has 4 rings (SSSR count). The molecular weight excluding hydrogens is 374 g/mol. The fourth-order valence-corrected chi connectivity index (χ4v) is 4.73. The Morgan fingerprint density at radius 3 is 2.55 bits per heavy atom. The van der Waals surface area contributed by atoms with Gasteiger partial charge in [-0.25, -0.2) is 8.78 Å². The van der Waals surface area contributed by atoms with Crippen LogP contribution in [-0.4, -0.2) is 30.0 Å². The molecule has 0 radical (unpaired) electrons. The minimum absolute atomic E-state index is 0.0231. The van der Waals surface area contributed by atoms with Gasteiger partial charge in [-0.2, -0.15) is 0 Å². The van der Waals surface area contributed by atoms with Gasteiger partial charge < -0.3 is 14.6 Å². The minimum atomic E-state index is -0.595. The molecule has 1 N–H and O–H groups in total. The number of halogens is 2. The average Bonchev–Trinajstić information content (AvgIpc) is 3.28. The number of benzene rings is 2. The van der Waals surface area contributed by atoms with E-state index in [1.54, 1.807) is 18.2 Å². The molecule has 29 heavy (non-hydrogen) atoms. The van der Waals surface area contributed by atoms with Gasteiger partial charge in [-0.3, -0.25) is 0 Å². The van der Waals surface area contributed by atoms with E-state index in [1.807, 2.05) is 13.8 Å². The molecule has 1 fully saturated rings. The van der Waals surface area contributed by atoms with Crippen molar-refractivity contribution in [2.24, 2.45) is 5.92 Å². The lowest BCUT2D eigenvalue weighted by atomic mass is 9.80. The van der Waals surface area contributed by atoms with Crippen LogP contribution < -0.4 is 4.74 Å². The van der Waals surface area contributed by atoms with E-state index in [4.69, 9.17) is 9.47 Å². The van der Waals surface area contributed by atoms with E-state index >= 15 is 0 Å². The Bertz CT molecular complexity index is 907. The fraction of sp³-hybridized carbons (Fsp3) is 0.417. The van der Waals surface area contributed by atoms with Crippen LogP contribution in [0.2, 0.25) is 0 Å². The Hall–Kier alpha value is -2.24. The normalized spacial score (nSPS) is 26.3. The number of hydrogen-bond acceptors (Lipinski definition) is 3. The Morgan fingerprint density at radius 1 is 1.14 bits per heavy atom. The van der Waals surface area contributed by atoms with E-state index in [-0.39, 0.29) is 36.2 Å². The topological polar surface area (TPSA) is 38.7 Å². The van der Waals surface area contributed by atoms with Crippen LogP contribution in [0.4, 0.5) is 8.78 Å². The van der Waals surface area contributed by atoms with E-state index < -0.39 is 5.60 Å². The van der Waals surface area contributed by atoms with Gasteiger partial charge in [-0.15, -0.1) is 0 Å². The van der Waals surface area contributed by atoms with Gasteiger partial charge in [-0.1, -0.05) is 12.1 Å². The zero-order valence-corrected chi connectivity index (χ0v) is 16.7. The van der Waals surface area contributed by atoms with E-state index in [2.05, 4.69) is 6.08 Å². The Balaban J connectivity index is 1.74. The SMILES string of the molecule is CC(C)Oc1ccc(F)cc1C1=C[C@@]2(CC[C@H](CO)[C@H]2c2ccc(F)cc2)OC1. The van der Waals surface area contributed by atoms with Gasteiger partial charge >= 0.3 is 0 Å². The molecular formula is C24H26F2O3. The van der Waals surface area contributed by atoms with Crippen molar-refractivity contribution in [1.82, 2.24) is 0 Å². The van der Waals surface area contributed by atoms with Crippen molar-refractivity contribution in [2.75, 3.05) is 13.2 Å². The van der Waals surface area contributed by atoms with Gasteiger partial charge in [0, 0.05) is 18.1 Å². The molecule has 0 unspecified atom stereocenters. The highest BCUT2D eigenvalue weighted by Gasteiger charge is 2.51. The summed E-state index contributed by atoms with van der Waals surface area (Å²) < 4.78 is 39.7. The number of aliphatic hydroxyl groups excluding tert-OH is 1. The molecule has 2 aromatic rings. The zero-order valence-electron chi connectivity index (χ0n) is 16.7. The highest BCUT2D eigenvalue weighted by Crippen LogP contribution is 2.53. The molecule has 2 aliphatic rings. The fourth-order valence-electron chi connectivity index (χ4n) is 4.73. The molecule has 0 saturated heterocycles. The molecule has 2 aromatic carbocycles. The van der Waals surface area contributed by atoms with Crippen molar-refractivity contribution in [3.63, 3.8) is 0 Å². The maximum atomic E-state index is 14.0. The van der Waals surface area contributed by atoms with Crippen molar-refractivity contribution in [3.8, 4) is 5.75 Å². The summed E-state index contributed by atoms with van der Waals surface area (Å²) >= 11 is 0. The third kappa shape index (κ3) is 3.81. The van der Waals surface area contributed by atoms with E-state index in [0.717, 1.165) is 24.0 Å². The second-order valence-corrected chi connectivity index (χ2v) is 8.23. The monoisotopic (exact) mass is 400 g/mol. The highest BCUT2D eigenvalue weighted by molar-refractivity contribution is 5.74. The quantitative estimate of drug-likeness (QED) is 0.760. The first-order valence-corrected chi connectivity index (χ1v) is 10.1. The van der Waals surface area contributed by atoms with Gasteiger partial charge in [0.15, 0.2) is 0 Å². The van der Waals surface area contributed by atoms with Crippen molar-refractivity contribution >= 4 is 5.57 Å². The third-order valence-corrected chi connectivity index (χ3v) is 5.93. The average molecular weight is 400 g/mol. The maximum absolute atomic E-state index is 14.0. The maximum Gasteiger partial charge on any atom is 0.127 e. The summed E-state index contributed by atoms with van der Waals surface area (Å²) in [5, 5.41) is 9.94. The molecule has 1 aliphatic heterocycles. The predicted molar refractivity (Wildman–Crippen MR) is 108 cm³/mol. The number of aliphatic hydroxyl groups is 1. The molecule has 1 aliphatic carbocycles. The van der Waals surface area contributed by atoms with Crippen molar-refractivity contribution in [2.45, 2.75) is 44.3 Å². The highest BCUT2D eigenvalue weighted by atomic mass is 19.1. The lowest BCUT2D eigenvalue weighted by Gasteiger charge is -2.32. The molecule has 0 aromatic heterocycles. The number of ether oxygens (including phenoxy) is 2. The summed E-state index contributed by atoms with van der Waals surface area (Å²) in [6.07, 6.45) is 3.59. The van der Waals surface area contributed by atoms with Gasteiger partial charge in [-0.05, 0) is 80.2 Å². The zero-order chi connectivity index (χ0) is 20.6. The first-order chi connectivity index (χ1) is 13.9. The predicted octanol–water partition coefficient (Wildman–Crippen LogP) is 5.09. The van der Waals surface area contributed by atoms with Crippen LogP contribution in [0.1, 0.15) is 43.7 Å². The third-order valence-electron chi connectivity index (χ3n) is 5.93. The second-order valence-electron chi connectivity index (χ2n) is 8.23. The Kier molecular flexibility index (Phi) is 5.45. The molecule has 0 bridgehead atoms. The molecule has 1 spiro atoms. The summed E-state index contributed by atoms with van der Waals surface area (Å²) in [5.74, 6) is -0.0558. The molecule has 5 heteroatoms. The minimum Gasteiger partial charge on any atom is -0.490 e. The molecule has 154 valence electrons. The van der Waals surface area contributed by atoms with Gasteiger partial charge in [0.1, 0.15) is 17.4 Å². The Labute approximate surface area is 170 Å². The lowest BCUT2D eigenvalue weighted by Crippen LogP contribution is -2.33. The molecule has 1 heterocycles. The van der Waals surface area contributed by atoms with Crippen LogP contribution in [0, 0.1) is 17.6 Å². The van der Waals surface area contributed by atoms with Gasteiger partial charge in [0.2, 0.25) is 0 Å². The van der Waals surface area contributed by atoms with Crippen LogP contribution in [0.5, 0.6) is 5.75 Å². The van der Waals surface area contributed by atoms with E-state index in [1.165, 1.54) is 24.3 Å². The Morgan fingerprint density at radius 2 is 1.86 bits per heavy atom. The largest absolute Gasteiger partial charge is 0.490 e. The molecule has 3 atom stereocenters. The van der Waals surface area contributed by atoms with Crippen LogP contribution in [-0.2, 0) is 4.74 Å². The van der Waals surface area contributed by atoms with Crippen LogP contribution in [0.3, 0.4) is 0 Å². The van der Waals surface area contributed by atoms with Crippen molar-refractivity contribution in [3.05, 3.63) is 71.3 Å². The van der Waals surface area contributed by atoms with Crippen LogP contribution in [0.15, 0.2) is 48.5 Å². The summed E-state index contributed by atoms with van der Waals surface area (Å²) in [6, 6.07) is 10.9. The van der Waals surface area contributed by atoms with Crippen molar-refractivity contribution < 1.29 is 23.4 Å². The van der Waals surface area contributed by atoms with Crippen LogP contribution in [0.25, 0.3) is 5.57 Å². The van der Waals surface area contributed by atoms with E-state index in [0.29, 0.717) is 17.9 Å². The summed E-state index contributed by atoms with van der Waals surface area (Å²) in [6.45, 7) is 4.24. The van der Waals surface area contributed by atoms with Crippen LogP contribution >= 0.6 is 0 Å². The standard InChI is InChI=1S/C24H26F2O3/c1-15(2)29-22-8-7-20(26)11-21(22)18-12-24(28-14-18)10-9-17(13-27)23(24)16-3-5-19(25)6-4-16/h3-8,11-12,15,17,23,27H,9-10,13-14H2,1-2H3/t17-,23-,24-/m1/s1. The first-order valence-electron chi connectivity index (χ1n) is 10.1. The van der Waals surface area contributed by atoms with E-state index in [9.17, 15) is 13.9 Å². The van der Waals surface area contributed by atoms with Gasteiger partial charge in [0.05, 0.1) is 18.3 Å². The molecule has 1 saturated carbocycles. The summed E-state index contributed by atoms with van der Waals surface area (Å²) in [4.78, 5) is 0. The smallest absolute Gasteiger partial charge is 0.127 e. The first kappa shape index (κ1) is 20.0.